The van der Waals surface area contributed by atoms with E-state index in [1.807, 2.05) is 33.3 Å². The number of piperazine rings is 1. The van der Waals surface area contributed by atoms with Crippen LogP contribution in [0, 0.1) is 6.92 Å². The minimum atomic E-state index is 0.224. The molecule has 1 atom stereocenters. The average molecular weight is 376 g/mol. The molecule has 0 saturated carbocycles. The number of hydrogen-bond donors (Lipinski definition) is 1. The van der Waals surface area contributed by atoms with Crippen LogP contribution in [0.2, 0.25) is 0 Å². The van der Waals surface area contributed by atoms with Crippen molar-refractivity contribution in [2.24, 2.45) is 0 Å². The van der Waals surface area contributed by atoms with E-state index in [4.69, 9.17) is 0 Å². The summed E-state index contributed by atoms with van der Waals surface area (Å²) >= 11 is 1.75. The SMILES string of the molecule is Cc1cccc(CN2CCN(Cc3cnc(N(C)C)s3)C[C@@H]2CCO)n1. The Labute approximate surface area is 160 Å². The molecule has 2 aromatic rings. The normalized spacial score (nSPS) is 19.0. The predicted molar refractivity (Wildman–Crippen MR) is 107 cm³/mol. The number of thiazole rings is 1. The Kier molecular flexibility index (Phi) is 6.58. The number of pyridine rings is 1. The van der Waals surface area contributed by atoms with Crippen LogP contribution in [0.5, 0.6) is 0 Å². The van der Waals surface area contributed by atoms with Gasteiger partial charge in [-0.1, -0.05) is 6.07 Å². The van der Waals surface area contributed by atoms with Crippen molar-refractivity contribution in [2.45, 2.75) is 32.5 Å². The number of aliphatic hydroxyl groups excluding tert-OH is 1. The highest BCUT2D eigenvalue weighted by atomic mass is 32.1. The van der Waals surface area contributed by atoms with E-state index < -0.39 is 0 Å². The van der Waals surface area contributed by atoms with Crippen LogP contribution in [0.15, 0.2) is 24.4 Å². The molecule has 1 aliphatic heterocycles. The highest BCUT2D eigenvalue weighted by molar-refractivity contribution is 7.15. The molecule has 0 amide bonds. The van der Waals surface area contributed by atoms with Crippen LogP contribution in [0.3, 0.4) is 0 Å². The zero-order chi connectivity index (χ0) is 18.5. The first-order valence-electron chi connectivity index (χ1n) is 9.17. The molecule has 26 heavy (non-hydrogen) atoms. The van der Waals surface area contributed by atoms with Gasteiger partial charge in [0.1, 0.15) is 0 Å². The first-order chi connectivity index (χ1) is 12.5. The number of aliphatic hydroxyl groups is 1. The van der Waals surface area contributed by atoms with Crippen molar-refractivity contribution in [1.29, 1.82) is 0 Å². The molecule has 2 aromatic heterocycles. The van der Waals surface area contributed by atoms with E-state index in [0.717, 1.165) is 55.7 Å². The maximum absolute atomic E-state index is 9.51. The first-order valence-corrected chi connectivity index (χ1v) is 9.98. The third-order valence-electron chi connectivity index (χ3n) is 4.77. The molecule has 0 bridgehead atoms. The summed E-state index contributed by atoms with van der Waals surface area (Å²) in [6.07, 6.45) is 2.79. The second-order valence-electron chi connectivity index (χ2n) is 7.15. The van der Waals surface area contributed by atoms with Crippen LogP contribution in [0.25, 0.3) is 0 Å². The number of aryl methyl sites for hydroxylation is 1. The molecule has 6 nitrogen and oxygen atoms in total. The fourth-order valence-corrected chi connectivity index (χ4v) is 4.30. The van der Waals surface area contributed by atoms with Gasteiger partial charge in [-0.05, 0) is 25.5 Å². The molecule has 142 valence electrons. The summed E-state index contributed by atoms with van der Waals surface area (Å²) in [6, 6.07) is 6.55. The van der Waals surface area contributed by atoms with Gasteiger partial charge >= 0.3 is 0 Å². The zero-order valence-electron chi connectivity index (χ0n) is 15.9. The quantitative estimate of drug-likeness (QED) is 0.799. The molecule has 1 saturated heterocycles. The molecule has 0 aromatic carbocycles. The largest absolute Gasteiger partial charge is 0.396 e. The fraction of sp³-hybridized carbons (Fsp3) is 0.579. The predicted octanol–water partition coefficient (Wildman–Crippen LogP) is 1.98. The molecule has 0 radical (unpaired) electrons. The van der Waals surface area contributed by atoms with Gasteiger partial charge in [0.15, 0.2) is 5.13 Å². The Bertz CT molecular complexity index is 705. The van der Waals surface area contributed by atoms with Crippen molar-refractivity contribution in [2.75, 3.05) is 45.2 Å². The molecule has 3 heterocycles. The van der Waals surface area contributed by atoms with E-state index in [2.05, 4.69) is 36.8 Å². The monoisotopic (exact) mass is 375 g/mol. The first kappa shape index (κ1) is 19.2. The van der Waals surface area contributed by atoms with Crippen molar-refractivity contribution in [3.05, 3.63) is 40.7 Å². The second-order valence-corrected chi connectivity index (χ2v) is 8.24. The molecule has 0 unspecified atom stereocenters. The van der Waals surface area contributed by atoms with E-state index in [1.165, 1.54) is 4.88 Å². The van der Waals surface area contributed by atoms with Crippen LogP contribution in [0.1, 0.15) is 22.7 Å². The Hall–Kier alpha value is -1.54. The Morgan fingerprint density at radius 2 is 2.12 bits per heavy atom. The molecule has 0 spiro atoms. The van der Waals surface area contributed by atoms with E-state index >= 15 is 0 Å². The highest BCUT2D eigenvalue weighted by Crippen LogP contribution is 2.24. The van der Waals surface area contributed by atoms with Crippen LogP contribution < -0.4 is 4.90 Å². The van der Waals surface area contributed by atoms with Crippen LogP contribution in [0.4, 0.5) is 5.13 Å². The standard InChI is InChI=1S/C19H29N5OS/c1-15-5-4-6-16(21-15)12-24-9-8-23(13-17(24)7-10-25)14-18-11-20-19(26-18)22(2)3/h4-6,11,17,25H,7-10,12-14H2,1-3H3/t17-/m0/s1. The fourth-order valence-electron chi connectivity index (χ4n) is 3.42. The Morgan fingerprint density at radius 3 is 2.81 bits per heavy atom. The molecule has 1 aliphatic rings. The van der Waals surface area contributed by atoms with Gasteiger partial charge in [0.25, 0.3) is 0 Å². The lowest BCUT2D eigenvalue weighted by Crippen LogP contribution is -2.52. The summed E-state index contributed by atoms with van der Waals surface area (Å²) in [5.74, 6) is 0. The number of hydrogen-bond acceptors (Lipinski definition) is 7. The third kappa shape index (κ3) is 5.01. The maximum Gasteiger partial charge on any atom is 0.185 e. The van der Waals surface area contributed by atoms with Gasteiger partial charge in [0.2, 0.25) is 0 Å². The highest BCUT2D eigenvalue weighted by Gasteiger charge is 2.27. The summed E-state index contributed by atoms with van der Waals surface area (Å²) in [5, 5.41) is 10.6. The molecule has 1 fully saturated rings. The second kappa shape index (κ2) is 8.90. The van der Waals surface area contributed by atoms with Crippen LogP contribution in [-0.2, 0) is 13.1 Å². The zero-order valence-corrected chi connectivity index (χ0v) is 16.7. The number of nitrogens with zero attached hydrogens (tertiary/aromatic N) is 5. The molecule has 1 N–H and O–H groups in total. The van der Waals surface area contributed by atoms with Gasteiger partial charge in [-0.25, -0.2) is 4.98 Å². The van der Waals surface area contributed by atoms with Crippen molar-refractivity contribution >= 4 is 16.5 Å². The summed E-state index contributed by atoms with van der Waals surface area (Å²) in [4.78, 5) is 17.4. The topological polar surface area (TPSA) is 55.7 Å². The minimum absolute atomic E-state index is 0.224. The molecule has 3 rings (SSSR count). The molecular weight excluding hydrogens is 346 g/mol. The summed E-state index contributed by atoms with van der Waals surface area (Å²) in [6.45, 7) is 7.05. The van der Waals surface area contributed by atoms with Gasteiger partial charge < -0.3 is 10.0 Å². The van der Waals surface area contributed by atoms with E-state index in [1.54, 1.807) is 11.3 Å². The van der Waals surface area contributed by atoms with Gasteiger partial charge in [-0.3, -0.25) is 14.8 Å². The van der Waals surface area contributed by atoms with Gasteiger partial charge in [0.05, 0.1) is 5.69 Å². The molecule has 7 heteroatoms. The summed E-state index contributed by atoms with van der Waals surface area (Å²) < 4.78 is 0. The molecular formula is C19H29N5OS. The van der Waals surface area contributed by atoms with Crippen LogP contribution in [-0.4, -0.2) is 71.3 Å². The van der Waals surface area contributed by atoms with Crippen molar-refractivity contribution < 1.29 is 5.11 Å². The smallest absolute Gasteiger partial charge is 0.185 e. The van der Waals surface area contributed by atoms with E-state index in [-0.39, 0.29) is 6.61 Å². The number of anilines is 1. The minimum Gasteiger partial charge on any atom is -0.396 e. The van der Waals surface area contributed by atoms with Gasteiger partial charge in [-0.15, -0.1) is 11.3 Å². The van der Waals surface area contributed by atoms with Gasteiger partial charge in [0, 0.05) is 76.2 Å². The van der Waals surface area contributed by atoms with Crippen LogP contribution >= 0.6 is 11.3 Å². The van der Waals surface area contributed by atoms with Crippen molar-refractivity contribution in [1.82, 2.24) is 19.8 Å². The maximum atomic E-state index is 9.51. The Morgan fingerprint density at radius 1 is 1.27 bits per heavy atom. The lowest BCUT2D eigenvalue weighted by Gasteiger charge is -2.41. The Balaban J connectivity index is 1.61. The van der Waals surface area contributed by atoms with Crippen molar-refractivity contribution in [3.63, 3.8) is 0 Å². The van der Waals surface area contributed by atoms with Crippen molar-refractivity contribution in [3.8, 4) is 0 Å². The number of aromatic nitrogens is 2. The third-order valence-corrected chi connectivity index (χ3v) is 5.92. The number of rotatable bonds is 7. The van der Waals surface area contributed by atoms with E-state index in [0.29, 0.717) is 6.04 Å². The summed E-state index contributed by atoms with van der Waals surface area (Å²) in [7, 11) is 4.05. The lowest BCUT2D eigenvalue weighted by molar-refractivity contribution is 0.0496. The average Bonchev–Trinajstić information content (AvgIpc) is 3.06. The molecule has 0 aliphatic carbocycles. The lowest BCUT2D eigenvalue weighted by atomic mass is 10.1. The van der Waals surface area contributed by atoms with Gasteiger partial charge in [-0.2, -0.15) is 0 Å². The summed E-state index contributed by atoms with van der Waals surface area (Å²) in [5.41, 5.74) is 2.17. The van der Waals surface area contributed by atoms with E-state index in [9.17, 15) is 5.11 Å².